The smallest absolute Gasteiger partial charge is 0.374 e. The molecule has 10 N–H and O–H groups in total. The highest BCUT2D eigenvalue weighted by Crippen LogP contribution is 2.24. The summed E-state index contributed by atoms with van der Waals surface area (Å²) in [5.74, 6) is -7.48. The van der Waals surface area contributed by atoms with Gasteiger partial charge in [-0.2, -0.15) is 29.2 Å². The normalized spacial score (nSPS) is 11.0. The molecule has 4 aromatic heterocycles. The fourth-order valence-electron chi connectivity index (χ4n) is 5.55. The summed E-state index contributed by atoms with van der Waals surface area (Å²) in [6.45, 7) is -0.185. The Balaban J connectivity index is 0.000000186. The van der Waals surface area contributed by atoms with E-state index in [4.69, 9.17) is 16.6 Å². The first-order chi connectivity index (χ1) is 29.5. The monoisotopic (exact) mass is 850 g/mol. The standard InChI is InChI=1S/2C18H12FN7O5/c19-8-2-1-7(5-9(8)23-12-11(20)13(27)14(12)28)6-21-17(29)16-25-15(18(30)31)24-10-3-4-22-26(10)16;19-8-2-1-7(5-9(8)23-12-11(20)13(27)14(12)28)6-21-17(29)15-24-10-3-4-22-26(10)16(25-15)18(30)31/h2*1-5,23H,6,20H2,(H,21,29)(H,30,31). The molecule has 0 aliphatic heterocycles. The van der Waals surface area contributed by atoms with Gasteiger partial charge in [0.2, 0.25) is 23.3 Å². The van der Waals surface area contributed by atoms with Gasteiger partial charge in [0.1, 0.15) is 34.4 Å². The molecule has 62 heavy (non-hydrogen) atoms. The molecule has 312 valence electrons. The number of rotatable bonds is 12. The number of aromatic nitrogens is 8. The predicted molar refractivity (Wildman–Crippen MR) is 209 cm³/mol. The molecule has 0 atom stereocenters. The van der Waals surface area contributed by atoms with Crippen LogP contribution < -0.4 is 54.4 Å². The average Bonchev–Trinajstić information content (AvgIpc) is 3.96. The van der Waals surface area contributed by atoms with E-state index in [0.29, 0.717) is 11.1 Å². The highest BCUT2D eigenvalue weighted by Gasteiger charge is 2.23. The molecule has 0 aliphatic rings. The maximum Gasteiger partial charge on any atom is 0.374 e. The minimum atomic E-state index is -1.41. The zero-order valence-corrected chi connectivity index (χ0v) is 30.8. The first-order valence-corrected chi connectivity index (χ1v) is 17.3. The molecule has 8 rings (SSSR count). The summed E-state index contributed by atoms with van der Waals surface area (Å²) in [6, 6.07) is 10.4. The highest BCUT2D eigenvalue weighted by atomic mass is 19.1. The van der Waals surface area contributed by atoms with Crippen LogP contribution in [0.5, 0.6) is 0 Å². The predicted octanol–water partition coefficient (Wildman–Crippen LogP) is -0.373. The van der Waals surface area contributed by atoms with Crippen LogP contribution in [0.1, 0.15) is 53.6 Å². The number of anilines is 6. The van der Waals surface area contributed by atoms with Gasteiger partial charge in [-0.05, 0) is 35.4 Å². The second kappa shape index (κ2) is 16.1. The molecule has 4 aromatic carbocycles. The number of nitrogen functional groups attached to an aromatic ring is 2. The van der Waals surface area contributed by atoms with Crippen molar-refractivity contribution in [3.8, 4) is 0 Å². The van der Waals surface area contributed by atoms with Gasteiger partial charge in [-0.15, -0.1) is 0 Å². The zero-order valence-electron chi connectivity index (χ0n) is 30.8. The molecule has 4 heterocycles. The number of nitrogens with one attached hydrogen (secondary N) is 4. The Hall–Kier alpha value is -9.36. The lowest BCUT2D eigenvalue weighted by molar-refractivity contribution is 0.0670. The molecule has 2 amide bonds. The molecule has 0 saturated heterocycles. The van der Waals surface area contributed by atoms with Crippen LogP contribution in [0.2, 0.25) is 0 Å². The molecule has 0 aliphatic carbocycles. The van der Waals surface area contributed by atoms with Gasteiger partial charge in [0.15, 0.2) is 11.3 Å². The SMILES string of the molecule is Nc1c(Nc2cc(CNC(=O)c3nc(C(=O)O)n4nccc4n3)ccc2F)c(=O)c1=O.Nc1c(Nc2cc(CNC(=O)c3nc(C(=O)O)nc4ccnn34)ccc2F)c(=O)c1=O. The summed E-state index contributed by atoms with van der Waals surface area (Å²) >= 11 is 0. The van der Waals surface area contributed by atoms with E-state index in [2.05, 4.69) is 51.4 Å². The van der Waals surface area contributed by atoms with Crippen LogP contribution in [-0.2, 0) is 13.1 Å². The lowest BCUT2D eigenvalue weighted by Gasteiger charge is -2.12. The number of carbonyl (C=O) groups is 4. The third-order valence-electron chi connectivity index (χ3n) is 8.68. The van der Waals surface area contributed by atoms with Crippen molar-refractivity contribution in [1.82, 2.24) is 49.8 Å². The van der Waals surface area contributed by atoms with Crippen LogP contribution in [0.15, 0.2) is 80.1 Å². The number of amides is 2. The Morgan fingerprint density at radius 1 is 0.581 bits per heavy atom. The van der Waals surface area contributed by atoms with Gasteiger partial charge in [0.05, 0.1) is 23.8 Å². The first-order valence-electron chi connectivity index (χ1n) is 17.3. The number of carbonyl (C=O) groups excluding carboxylic acids is 2. The van der Waals surface area contributed by atoms with Crippen molar-refractivity contribution in [3.05, 3.63) is 148 Å². The minimum absolute atomic E-state index is 0.0919. The second-order valence-corrected chi connectivity index (χ2v) is 12.7. The third-order valence-corrected chi connectivity index (χ3v) is 8.68. The molecule has 0 bridgehead atoms. The van der Waals surface area contributed by atoms with E-state index in [1.54, 1.807) is 0 Å². The van der Waals surface area contributed by atoms with Gasteiger partial charge in [-0.25, -0.2) is 28.3 Å². The van der Waals surface area contributed by atoms with E-state index >= 15 is 0 Å². The van der Waals surface area contributed by atoms with Gasteiger partial charge in [-0.1, -0.05) is 12.1 Å². The molecule has 0 fully saturated rings. The molecule has 26 heteroatoms. The number of fused-ring (bicyclic) bond motifs is 2. The number of benzene rings is 2. The number of carboxylic acid groups (broad SMARTS) is 2. The highest BCUT2D eigenvalue weighted by molar-refractivity contribution is 5.93. The largest absolute Gasteiger partial charge is 0.475 e. The lowest BCUT2D eigenvalue weighted by atomic mass is 10.1. The van der Waals surface area contributed by atoms with E-state index in [-0.39, 0.29) is 70.2 Å². The van der Waals surface area contributed by atoms with E-state index in [1.165, 1.54) is 48.8 Å². The van der Waals surface area contributed by atoms with Crippen LogP contribution >= 0.6 is 0 Å². The number of nitrogens with two attached hydrogens (primary N) is 2. The summed E-state index contributed by atoms with van der Waals surface area (Å²) in [6.07, 6.45) is 2.64. The Bertz CT molecular complexity index is 3310. The van der Waals surface area contributed by atoms with Gasteiger partial charge in [0.25, 0.3) is 33.5 Å². The summed E-state index contributed by atoms with van der Waals surface area (Å²) in [4.78, 5) is 108. The molecule has 24 nitrogen and oxygen atoms in total. The number of halogens is 2. The molecule has 0 spiro atoms. The van der Waals surface area contributed by atoms with Crippen molar-refractivity contribution in [2.24, 2.45) is 0 Å². The Kier molecular flexibility index (Phi) is 10.6. The number of carboxylic acids is 2. The fraction of sp³-hybridized carbons (Fsp3) is 0.0556. The van der Waals surface area contributed by atoms with Gasteiger partial charge in [0, 0.05) is 25.2 Å². The number of nitrogens with zero attached hydrogens (tertiary/aromatic N) is 8. The Morgan fingerprint density at radius 3 is 1.50 bits per heavy atom. The number of hydrogen-bond donors (Lipinski definition) is 8. The zero-order chi connectivity index (χ0) is 44.6. The van der Waals surface area contributed by atoms with E-state index in [0.717, 1.165) is 21.2 Å². The Labute approximate surface area is 339 Å². The Morgan fingerprint density at radius 2 is 1.03 bits per heavy atom. The van der Waals surface area contributed by atoms with Crippen LogP contribution in [0, 0.1) is 11.6 Å². The van der Waals surface area contributed by atoms with Crippen LogP contribution in [-0.4, -0.2) is 73.1 Å². The van der Waals surface area contributed by atoms with Crippen LogP contribution in [0.25, 0.3) is 11.3 Å². The van der Waals surface area contributed by atoms with Crippen molar-refractivity contribution in [2.75, 3.05) is 22.1 Å². The molecule has 8 aromatic rings. The van der Waals surface area contributed by atoms with E-state index in [1.807, 2.05) is 0 Å². The summed E-state index contributed by atoms with van der Waals surface area (Å²) in [5.41, 5.74) is 7.36. The van der Waals surface area contributed by atoms with Crippen molar-refractivity contribution in [1.29, 1.82) is 0 Å². The topological polar surface area (TPSA) is 363 Å². The number of hydrogen-bond acceptors (Lipinski definition) is 18. The quantitative estimate of drug-likeness (QED) is 0.0727. The molecular formula is C36H24F2N14O10. The number of aromatic carboxylic acids is 2. The van der Waals surface area contributed by atoms with Crippen LogP contribution in [0.3, 0.4) is 0 Å². The molecule has 0 unspecified atom stereocenters. The third kappa shape index (κ3) is 7.78. The van der Waals surface area contributed by atoms with E-state index < -0.39 is 68.8 Å². The van der Waals surface area contributed by atoms with Crippen molar-refractivity contribution >= 4 is 69.2 Å². The second-order valence-electron chi connectivity index (χ2n) is 12.7. The van der Waals surface area contributed by atoms with Gasteiger partial charge < -0.3 is 42.9 Å². The van der Waals surface area contributed by atoms with Gasteiger partial charge in [-0.3, -0.25) is 28.8 Å². The van der Waals surface area contributed by atoms with E-state index in [9.17, 15) is 52.2 Å². The molecule has 0 radical (unpaired) electrons. The molecule has 0 saturated carbocycles. The summed E-state index contributed by atoms with van der Waals surface area (Å²) in [7, 11) is 0. The summed E-state index contributed by atoms with van der Waals surface area (Å²) < 4.78 is 30.2. The van der Waals surface area contributed by atoms with Crippen molar-refractivity contribution in [2.45, 2.75) is 13.1 Å². The van der Waals surface area contributed by atoms with Crippen molar-refractivity contribution < 1.29 is 38.2 Å². The van der Waals surface area contributed by atoms with Gasteiger partial charge >= 0.3 is 11.9 Å². The maximum atomic E-state index is 14.1. The average molecular weight is 851 g/mol. The van der Waals surface area contributed by atoms with Crippen LogP contribution in [0.4, 0.5) is 42.9 Å². The fourth-order valence-corrected chi connectivity index (χ4v) is 5.55. The molecular weight excluding hydrogens is 826 g/mol. The van der Waals surface area contributed by atoms with Crippen molar-refractivity contribution in [3.63, 3.8) is 0 Å². The maximum absolute atomic E-state index is 14.1. The lowest BCUT2D eigenvalue weighted by Crippen LogP contribution is -2.36. The minimum Gasteiger partial charge on any atom is -0.475 e. The first kappa shape index (κ1) is 40.8. The summed E-state index contributed by atoms with van der Waals surface area (Å²) in [5, 5.41) is 36.0.